The number of rotatable bonds is 6. The highest BCUT2D eigenvalue weighted by atomic mass is 32.1. The smallest absolute Gasteiger partial charge is 0.323 e. The van der Waals surface area contributed by atoms with Crippen molar-refractivity contribution in [2.45, 2.75) is 6.92 Å². The highest BCUT2D eigenvalue weighted by molar-refractivity contribution is 7.14. The van der Waals surface area contributed by atoms with Gasteiger partial charge in [-0.2, -0.15) is 5.10 Å². The minimum atomic E-state index is -0.340. The van der Waals surface area contributed by atoms with Crippen LogP contribution in [-0.2, 0) is 0 Å². The summed E-state index contributed by atoms with van der Waals surface area (Å²) < 4.78 is 0. The fourth-order valence-corrected chi connectivity index (χ4v) is 3.21. The first-order chi connectivity index (χ1) is 14.4. The van der Waals surface area contributed by atoms with Crippen LogP contribution in [0, 0.1) is 0 Å². The van der Waals surface area contributed by atoms with Gasteiger partial charge >= 0.3 is 6.03 Å². The molecule has 9 nitrogen and oxygen atoms in total. The number of aromatic nitrogens is 1. The van der Waals surface area contributed by atoms with Gasteiger partial charge in [0.15, 0.2) is 5.13 Å². The Kier molecular flexibility index (Phi) is 6.60. The monoisotopic (exact) mass is 422 g/mol. The number of nitrogens with one attached hydrogen (secondary N) is 3. The maximum Gasteiger partial charge on any atom is 0.323 e. The number of nitrogens with zero attached hydrogens (tertiary/aromatic N) is 3. The van der Waals surface area contributed by atoms with Crippen LogP contribution in [0.4, 0.5) is 21.3 Å². The van der Waals surface area contributed by atoms with Gasteiger partial charge in [-0.3, -0.25) is 0 Å². The number of hydrogen-bond donors (Lipinski definition) is 5. The zero-order chi connectivity index (χ0) is 21.5. The van der Waals surface area contributed by atoms with Gasteiger partial charge < -0.3 is 27.4 Å². The number of hydrogen-bond acceptors (Lipinski definition) is 6. The van der Waals surface area contributed by atoms with E-state index in [-0.39, 0.29) is 12.0 Å². The molecule has 0 radical (unpaired) electrons. The van der Waals surface area contributed by atoms with Crippen molar-refractivity contribution >= 4 is 45.5 Å². The van der Waals surface area contributed by atoms with Crippen LogP contribution in [-0.4, -0.2) is 29.7 Å². The summed E-state index contributed by atoms with van der Waals surface area (Å²) in [6.45, 7) is 1.79. The lowest BCUT2D eigenvalue weighted by Crippen LogP contribution is -2.22. The van der Waals surface area contributed by atoms with Crippen molar-refractivity contribution in [3.63, 3.8) is 0 Å². The average molecular weight is 423 g/mol. The number of benzene rings is 2. The van der Waals surface area contributed by atoms with E-state index >= 15 is 0 Å². The van der Waals surface area contributed by atoms with Crippen LogP contribution in [0.2, 0.25) is 0 Å². The lowest BCUT2D eigenvalue weighted by molar-refractivity contribution is 0.262. The van der Waals surface area contributed by atoms with Crippen molar-refractivity contribution < 1.29 is 4.79 Å². The Morgan fingerprint density at radius 2 is 1.57 bits per heavy atom. The van der Waals surface area contributed by atoms with Gasteiger partial charge in [-0.15, -0.1) is 16.4 Å². The highest BCUT2D eigenvalue weighted by Gasteiger charge is 2.06. The number of nitrogens with two attached hydrogens (primary N) is 2. The van der Waals surface area contributed by atoms with Gasteiger partial charge in [0, 0.05) is 29.4 Å². The molecule has 2 aromatic carbocycles. The number of thiazole rings is 1. The molecule has 2 amide bonds. The predicted octanol–water partition coefficient (Wildman–Crippen LogP) is 3.49. The van der Waals surface area contributed by atoms with Crippen molar-refractivity contribution in [3.8, 4) is 11.3 Å². The van der Waals surface area contributed by atoms with E-state index in [1.807, 2.05) is 48.8 Å². The van der Waals surface area contributed by atoms with Crippen LogP contribution >= 0.6 is 11.3 Å². The molecule has 0 aliphatic rings. The predicted molar refractivity (Wildman–Crippen MR) is 124 cm³/mol. The second-order valence-corrected chi connectivity index (χ2v) is 7.09. The maximum absolute atomic E-state index is 12.3. The van der Waals surface area contributed by atoms with E-state index in [1.165, 1.54) is 0 Å². The van der Waals surface area contributed by atoms with Gasteiger partial charge in [-0.25, -0.2) is 9.78 Å². The largest absolute Gasteiger partial charge is 0.369 e. The number of carbonyl (C=O) groups is 1. The Morgan fingerprint density at radius 1 is 0.967 bits per heavy atom. The standard InChI is InChI=1S/C20H22N8OS/c1-12(27-28-18(21)22)13-3-7-15(8-4-13)24-19(29)25-16-9-5-14(6-10-16)17-11-30-20(23-2)26-17/h3-11H,1-2H3,(H,23,26)(H4,21,22,28)(H2,24,25,29)/b27-12-. The molecule has 0 bridgehead atoms. The third kappa shape index (κ3) is 5.55. The van der Waals surface area contributed by atoms with Crippen LogP contribution in [0.15, 0.2) is 64.1 Å². The van der Waals surface area contributed by atoms with Crippen molar-refractivity contribution in [3.05, 3.63) is 59.5 Å². The van der Waals surface area contributed by atoms with E-state index in [2.05, 4.69) is 31.1 Å². The molecule has 30 heavy (non-hydrogen) atoms. The Balaban J connectivity index is 1.59. The van der Waals surface area contributed by atoms with Crippen LogP contribution in [0.3, 0.4) is 0 Å². The molecule has 0 spiro atoms. The summed E-state index contributed by atoms with van der Waals surface area (Å²) >= 11 is 1.54. The summed E-state index contributed by atoms with van der Waals surface area (Å²) in [5, 5.41) is 19.0. The summed E-state index contributed by atoms with van der Waals surface area (Å²) in [5.41, 5.74) is 15.2. The number of anilines is 3. The van der Waals surface area contributed by atoms with Crippen LogP contribution < -0.4 is 27.4 Å². The molecule has 1 aromatic heterocycles. The molecule has 0 saturated carbocycles. The number of amides is 2. The third-order valence-electron chi connectivity index (χ3n) is 4.03. The first-order valence-corrected chi connectivity index (χ1v) is 9.88. The third-order valence-corrected chi connectivity index (χ3v) is 4.89. The summed E-state index contributed by atoms with van der Waals surface area (Å²) in [6, 6.07) is 14.3. The van der Waals surface area contributed by atoms with E-state index in [0.29, 0.717) is 17.1 Å². The normalized spacial score (nSPS) is 10.9. The lowest BCUT2D eigenvalue weighted by atomic mass is 10.1. The van der Waals surface area contributed by atoms with Crippen LogP contribution in [0.1, 0.15) is 12.5 Å². The van der Waals surface area contributed by atoms with E-state index in [9.17, 15) is 4.79 Å². The molecule has 0 aliphatic heterocycles. The summed E-state index contributed by atoms with van der Waals surface area (Å²) in [7, 11) is 1.84. The van der Waals surface area contributed by atoms with Crippen LogP contribution in [0.25, 0.3) is 11.3 Å². The summed E-state index contributed by atoms with van der Waals surface area (Å²) in [5.74, 6) is -0.105. The summed E-state index contributed by atoms with van der Waals surface area (Å²) in [6.07, 6.45) is 0. The van der Waals surface area contributed by atoms with Crippen molar-refractivity contribution in [1.82, 2.24) is 4.98 Å². The average Bonchev–Trinajstić information content (AvgIpc) is 3.22. The summed E-state index contributed by atoms with van der Waals surface area (Å²) in [4.78, 5) is 16.7. The fourth-order valence-electron chi connectivity index (χ4n) is 2.52. The second-order valence-electron chi connectivity index (χ2n) is 6.23. The molecule has 1 heterocycles. The Labute approximate surface area is 177 Å². The molecular formula is C20H22N8OS. The Morgan fingerprint density at radius 3 is 2.10 bits per heavy atom. The SMILES string of the molecule is CNc1nc(-c2ccc(NC(=O)Nc3ccc(/C(C)=N\N=C(N)N)cc3)cc2)cs1. The van der Waals surface area contributed by atoms with Gasteiger partial charge in [0.25, 0.3) is 0 Å². The highest BCUT2D eigenvalue weighted by Crippen LogP contribution is 2.25. The zero-order valence-electron chi connectivity index (χ0n) is 16.5. The molecule has 3 aromatic rings. The second kappa shape index (κ2) is 9.52. The number of guanidine groups is 1. The number of urea groups is 1. The van der Waals surface area contributed by atoms with Gasteiger partial charge in [-0.1, -0.05) is 24.3 Å². The van der Waals surface area contributed by atoms with Gasteiger partial charge in [-0.05, 0) is 36.8 Å². The molecule has 0 fully saturated rings. The van der Waals surface area contributed by atoms with E-state index in [1.54, 1.807) is 30.4 Å². The van der Waals surface area contributed by atoms with Crippen molar-refractivity contribution in [1.29, 1.82) is 0 Å². The molecule has 0 aliphatic carbocycles. The maximum atomic E-state index is 12.3. The fraction of sp³-hybridized carbons (Fsp3) is 0.100. The quantitative estimate of drug-likeness (QED) is 0.235. The number of carbonyl (C=O) groups excluding carboxylic acids is 1. The molecule has 0 unspecified atom stereocenters. The lowest BCUT2D eigenvalue weighted by Gasteiger charge is -2.09. The van der Waals surface area contributed by atoms with E-state index < -0.39 is 0 Å². The van der Waals surface area contributed by atoms with E-state index in [4.69, 9.17) is 11.5 Å². The Hall–Kier alpha value is -3.92. The zero-order valence-corrected chi connectivity index (χ0v) is 17.3. The molecule has 3 rings (SSSR count). The molecule has 0 atom stereocenters. The molecule has 154 valence electrons. The minimum Gasteiger partial charge on any atom is -0.369 e. The first-order valence-electron chi connectivity index (χ1n) is 9.00. The van der Waals surface area contributed by atoms with Gasteiger partial charge in [0.2, 0.25) is 5.96 Å². The molecular weight excluding hydrogens is 400 g/mol. The van der Waals surface area contributed by atoms with Crippen molar-refractivity contribution in [2.75, 3.05) is 23.0 Å². The topological polar surface area (TPSA) is 143 Å². The molecule has 10 heteroatoms. The van der Waals surface area contributed by atoms with Gasteiger partial charge in [0.05, 0.1) is 11.4 Å². The van der Waals surface area contributed by atoms with E-state index in [0.717, 1.165) is 22.0 Å². The molecule has 0 saturated heterocycles. The first kappa shape index (κ1) is 20.8. The van der Waals surface area contributed by atoms with Crippen LogP contribution in [0.5, 0.6) is 0 Å². The van der Waals surface area contributed by atoms with Crippen molar-refractivity contribution in [2.24, 2.45) is 21.7 Å². The Bertz CT molecular complexity index is 1070. The van der Waals surface area contributed by atoms with Gasteiger partial charge in [0.1, 0.15) is 0 Å². The molecule has 7 N–H and O–H groups in total. The minimum absolute atomic E-state index is 0.105.